The van der Waals surface area contributed by atoms with Crippen LogP contribution in [0.2, 0.25) is 0 Å². The van der Waals surface area contributed by atoms with Crippen molar-refractivity contribution in [2.45, 2.75) is 10.4 Å². The second-order valence-corrected chi connectivity index (χ2v) is 6.14. The minimum Gasteiger partial charge on any atom is -0.397 e. The zero-order valence-electron chi connectivity index (χ0n) is 10.6. The molecule has 4 N–H and O–H groups in total. The van der Waals surface area contributed by atoms with Gasteiger partial charge in [0, 0.05) is 5.56 Å². The monoisotopic (exact) mass is 316 g/mol. The molecular formula is C13H11F3N2O2S. The van der Waals surface area contributed by atoms with Gasteiger partial charge in [0.05, 0.1) is 11.4 Å². The van der Waals surface area contributed by atoms with E-state index in [-0.39, 0.29) is 11.3 Å². The minimum atomic E-state index is -5.61. The van der Waals surface area contributed by atoms with Gasteiger partial charge in [-0.25, -0.2) is 8.42 Å². The van der Waals surface area contributed by atoms with Gasteiger partial charge in [0.25, 0.3) is 9.84 Å². The van der Waals surface area contributed by atoms with Gasteiger partial charge in [-0.3, -0.25) is 0 Å². The van der Waals surface area contributed by atoms with Crippen LogP contribution in [-0.2, 0) is 9.84 Å². The minimum absolute atomic E-state index is 0.139. The number of sulfone groups is 1. The molecule has 0 unspecified atom stereocenters. The highest BCUT2D eigenvalue weighted by atomic mass is 32.2. The second kappa shape index (κ2) is 4.96. The van der Waals surface area contributed by atoms with Crippen molar-refractivity contribution in [1.29, 1.82) is 0 Å². The van der Waals surface area contributed by atoms with Crippen molar-refractivity contribution >= 4 is 21.2 Å². The van der Waals surface area contributed by atoms with E-state index in [2.05, 4.69) is 0 Å². The highest BCUT2D eigenvalue weighted by Gasteiger charge is 2.49. The molecule has 0 bridgehead atoms. The topological polar surface area (TPSA) is 86.2 Å². The summed E-state index contributed by atoms with van der Waals surface area (Å²) >= 11 is 0. The van der Waals surface area contributed by atoms with Gasteiger partial charge in [0.15, 0.2) is 0 Å². The summed E-state index contributed by atoms with van der Waals surface area (Å²) < 4.78 is 62.0. The number of alkyl halides is 3. The van der Waals surface area contributed by atoms with Crippen molar-refractivity contribution in [2.75, 3.05) is 11.5 Å². The van der Waals surface area contributed by atoms with Crippen LogP contribution in [0.3, 0.4) is 0 Å². The van der Waals surface area contributed by atoms with E-state index in [4.69, 9.17) is 11.5 Å². The van der Waals surface area contributed by atoms with Gasteiger partial charge in [-0.1, -0.05) is 36.4 Å². The fraction of sp³-hybridized carbons (Fsp3) is 0.0769. The average Bonchev–Trinajstić information content (AvgIpc) is 2.41. The first kappa shape index (κ1) is 15.2. The summed E-state index contributed by atoms with van der Waals surface area (Å²) in [4.78, 5) is -1.01. The Balaban J connectivity index is 2.85. The molecule has 0 aromatic heterocycles. The summed E-state index contributed by atoms with van der Waals surface area (Å²) in [5, 5.41) is 0. The van der Waals surface area contributed by atoms with Gasteiger partial charge in [-0.05, 0) is 11.6 Å². The van der Waals surface area contributed by atoms with E-state index in [9.17, 15) is 21.6 Å². The molecule has 0 amide bonds. The molecule has 0 saturated carbocycles. The number of hydrogen-bond acceptors (Lipinski definition) is 4. The third kappa shape index (κ3) is 2.54. The van der Waals surface area contributed by atoms with Crippen molar-refractivity contribution in [3.63, 3.8) is 0 Å². The lowest BCUT2D eigenvalue weighted by atomic mass is 10.0. The van der Waals surface area contributed by atoms with Crippen LogP contribution in [0.4, 0.5) is 24.5 Å². The van der Waals surface area contributed by atoms with Crippen molar-refractivity contribution in [1.82, 2.24) is 0 Å². The Kier molecular flexibility index (Phi) is 3.58. The fourth-order valence-electron chi connectivity index (χ4n) is 1.87. The number of halogens is 3. The van der Waals surface area contributed by atoms with Crippen molar-refractivity contribution < 1.29 is 21.6 Å². The third-order valence-corrected chi connectivity index (χ3v) is 4.47. The molecule has 0 aliphatic heterocycles. The van der Waals surface area contributed by atoms with Gasteiger partial charge < -0.3 is 11.5 Å². The van der Waals surface area contributed by atoms with E-state index < -0.39 is 25.9 Å². The maximum Gasteiger partial charge on any atom is 0.502 e. The molecule has 0 radical (unpaired) electrons. The molecule has 2 rings (SSSR count). The van der Waals surface area contributed by atoms with Crippen LogP contribution >= 0.6 is 0 Å². The van der Waals surface area contributed by atoms with Crippen LogP contribution in [0, 0.1) is 0 Å². The molecular weight excluding hydrogens is 305 g/mol. The van der Waals surface area contributed by atoms with E-state index >= 15 is 0 Å². The van der Waals surface area contributed by atoms with Crippen LogP contribution < -0.4 is 11.5 Å². The molecule has 0 atom stereocenters. The molecule has 4 nitrogen and oxygen atoms in total. The summed E-state index contributed by atoms with van der Waals surface area (Å²) in [6.07, 6.45) is 0. The summed E-state index contributed by atoms with van der Waals surface area (Å²) in [6.45, 7) is 0. The summed E-state index contributed by atoms with van der Waals surface area (Å²) in [5.41, 5.74) is 4.82. The van der Waals surface area contributed by atoms with Crippen molar-refractivity contribution in [3.05, 3.63) is 42.5 Å². The zero-order valence-corrected chi connectivity index (χ0v) is 11.4. The summed E-state index contributed by atoms with van der Waals surface area (Å²) in [5.74, 6) is 0. The maximum absolute atomic E-state index is 12.8. The SMILES string of the molecule is Nc1ccc(-c2ccccc2)c(S(=O)(=O)C(F)(F)F)c1N. The van der Waals surface area contributed by atoms with E-state index in [1.165, 1.54) is 24.3 Å². The second-order valence-electron chi connectivity index (χ2n) is 4.26. The molecule has 8 heteroatoms. The van der Waals surface area contributed by atoms with Crippen LogP contribution in [0.25, 0.3) is 11.1 Å². The average molecular weight is 316 g/mol. The predicted molar refractivity (Wildman–Crippen MR) is 73.9 cm³/mol. The van der Waals surface area contributed by atoms with Crippen LogP contribution in [0.1, 0.15) is 0 Å². The highest BCUT2D eigenvalue weighted by Crippen LogP contribution is 2.41. The van der Waals surface area contributed by atoms with Gasteiger partial charge in [0.2, 0.25) is 0 Å². The lowest BCUT2D eigenvalue weighted by molar-refractivity contribution is -0.0435. The lowest BCUT2D eigenvalue weighted by Crippen LogP contribution is -2.25. The highest BCUT2D eigenvalue weighted by molar-refractivity contribution is 7.92. The normalized spacial score (nSPS) is 12.3. The molecule has 112 valence electrons. The molecule has 0 heterocycles. The Labute approximate surface area is 119 Å². The van der Waals surface area contributed by atoms with E-state index in [0.29, 0.717) is 5.56 Å². The lowest BCUT2D eigenvalue weighted by Gasteiger charge is -2.16. The molecule has 2 aromatic rings. The molecule has 0 spiro atoms. The number of rotatable bonds is 2. The van der Waals surface area contributed by atoms with Gasteiger partial charge in [-0.2, -0.15) is 13.2 Å². The Morgan fingerprint density at radius 2 is 1.48 bits per heavy atom. The molecule has 0 fully saturated rings. The van der Waals surface area contributed by atoms with Crippen LogP contribution in [-0.4, -0.2) is 13.9 Å². The quantitative estimate of drug-likeness (QED) is 0.834. The Morgan fingerprint density at radius 1 is 0.905 bits per heavy atom. The smallest absolute Gasteiger partial charge is 0.397 e. The molecule has 2 aromatic carbocycles. The summed E-state index contributed by atoms with van der Waals surface area (Å²) in [7, 11) is -5.61. The number of hydrogen-bond donors (Lipinski definition) is 2. The van der Waals surface area contributed by atoms with Crippen molar-refractivity contribution in [3.8, 4) is 11.1 Å². The predicted octanol–water partition coefficient (Wildman–Crippen LogP) is 2.81. The Morgan fingerprint density at radius 3 is 2.00 bits per heavy atom. The van der Waals surface area contributed by atoms with Gasteiger partial charge >= 0.3 is 5.51 Å². The van der Waals surface area contributed by atoms with Crippen LogP contribution in [0.5, 0.6) is 0 Å². The fourth-order valence-corrected chi connectivity index (χ4v) is 2.98. The number of nitrogen functional groups attached to an aromatic ring is 2. The van der Waals surface area contributed by atoms with Crippen molar-refractivity contribution in [2.24, 2.45) is 0 Å². The van der Waals surface area contributed by atoms with Gasteiger partial charge in [0.1, 0.15) is 4.90 Å². The van der Waals surface area contributed by atoms with E-state index in [1.54, 1.807) is 18.2 Å². The molecule has 21 heavy (non-hydrogen) atoms. The summed E-state index contributed by atoms with van der Waals surface area (Å²) in [6, 6.07) is 10.3. The van der Waals surface area contributed by atoms with E-state index in [1.807, 2.05) is 0 Å². The first-order valence-corrected chi connectivity index (χ1v) is 7.19. The third-order valence-electron chi connectivity index (χ3n) is 2.89. The molecule has 0 aliphatic carbocycles. The number of nitrogens with two attached hydrogens (primary N) is 2. The first-order chi connectivity index (χ1) is 9.66. The Bertz CT molecular complexity index is 772. The van der Waals surface area contributed by atoms with Crippen LogP contribution in [0.15, 0.2) is 47.4 Å². The Hall–Kier alpha value is -2.22. The standard InChI is InChI=1S/C13H11F3N2O2S/c14-13(15,16)21(19,20)12-9(6-7-10(17)11(12)18)8-4-2-1-3-5-8/h1-7H,17-18H2. The first-order valence-electron chi connectivity index (χ1n) is 5.71. The molecule has 0 aliphatic rings. The van der Waals surface area contributed by atoms with E-state index in [0.717, 1.165) is 0 Å². The number of benzene rings is 2. The molecule has 0 saturated heterocycles. The zero-order chi connectivity index (χ0) is 15.8. The van der Waals surface area contributed by atoms with Gasteiger partial charge in [-0.15, -0.1) is 0 Å². The maximum atomic E-state index is 12.8. The number of anilines is 2. The largest absolute Gasteiger partial charge is 0.502 e.